The molecule has 4 N–H and O–H groups in total. The maximum absolute atomic E-state index is 11.4. The lowest BCUT2D eigenvalue weighted by Gasteiger charge is -2.17. The molecule has 2 aromatic rings. The maximum atomic E-state index is 11.4. The summed E-state index contributed by atoms with van der Waals surface area (Å²) in [5.74, 6) is -0.900. The molecular formula is C16H18N2O2. The summed E-state index contributed by atoms with van der Waals surface area (Å²) in [5, 5.41) is 12.4. The van der Waals surface area contributed by atoms with Gasteiger partial charge in [-0.1, -0.05) is 42.5 Å². The van der Waals surface area contributed by atoms with E-state index in [2.05, 4.69) is 5.32 Å². The molecule has 0 amide bonds. The van der Waals surface area contributed by atoms with Gasteiger partial charge in [0.05, 0.1) is 0 Å². The topological polar surface area (TPSA) is 75.3 Å². The minimum Gasteiger partial charge on any atom is -0.480 e. The lowest BCUT2D eigenvalue weighted by Crippen LogP contribution is -2.28. The van der Waals surface area contributed by atoms with E-state index in [9.17, 15) is 9.90 Å². The molecule has 0 aliphatic rings. The summed E-state index contributed by atoms with van der Waals surface area (Å²) in [4.78, 5) is 11.4. The highest BCUT2D eigenvalue weighted by Crippen LogP contribution is 2.19. The first-order chi connectivity index (χ1) is 9.59. The van der Waals surface area contributed by atoms with Crippen LogP contribution in [0.25, 0.3) is 0 Å². The van der Waals surface area contributed by atoms with Crippen LogP contribution in [0.2, 0.25) is 0 Å². The Morgan fingerprint density at radius 3 is 2.50 bits per heavy atom. The lowest BCUT2D eigenvalue weighted by molar-refractivity contribution is -0.139. The van der Waals surface area contributed by atoms with E-state index in [0.717, 1.165) is 16.7 Å². The Kier molecular flexibility index (Phi) is 4.38. The molecule has 0 unspecified atom stereocenters. The number of aryl methyl sites for hydroxylation is 1. The third kappa shape index (κ3) is 3.16. The van der Waals surface area contributed by atoms with E-state index in [-0.39, 0.29) is 0 Å². The number of rotatable bonds is 5. The Morgan fingerprint density at radius 2 is 1.90 bits per heavy atom. The summed E-state index contributed by atoms with van der Waals surface area (Å²) in [5.41, 5.74) is 9.33. The van der Waals surface area contributed by atoms with Crippen LogP contribution in [0, 0.1) is 6.92 Å². The summed E-state index contributed by atoms with van der Waals surface area (Å²) in [7, 11) is 0. The van der Waals surface area contributed by atoms with Crippen molar-refractivity contribution in [2.24, 2.45) is 0 Å². The number of benzene rings is 2. The second kappa shape index (κ2) is 6.21. The molecule has 0 spiro atoms. The van der Waals surface area contributed by atoms with Crippen LogP contribution in [0.5, 0.6) is 0 Å². The van der Waals surface area contributed by atoms with E-state index < -0.39 is 12.0 Å². The predicted molar refractivity (Wildman–Crippen MR) is 79.2 cm³/mol. The van der Waals surface area contributed by atoms with Crippen molar-refractivity contribution in [1.82, 2.24) is 5.32 Å². The third-order valence-corrected chi connectivity index (χ3v) is 3.31. The number of nitrogen functional groups attached to an aromatic ring is 1. The second-order valence-corrected chi connectivity index (χ2v) is 4.71. The molecular weight excluding hydrogens is 252 g/mol. The Morgan fingerprint density at radius 1 is 1.20 bits per heavy atom. The summed E-state index contributed by atoms with van der Waals surface area (Å²) in [6.45, 7) is 2.38. The zero-order valence-electron chi connectivity index (χ0n) is 11.3. The summed E-state index contributed by atoms with van der Waals surface area (Å²) in [6, 6.07) is 14.1. The van der Waals surface area contributed by atoms with Crippen molar-refractivity contribution < 1.29 is 9.90 Å². The van der Waals surface area contributed by atoms with Gasteiger partial charge in [-0.25, -0.2) is 0 Å². The highest BCUT2D eigenvalue weighted by Gasteiger charge is 2.19. The van der Waals surface area contributed by atoms with Crippen LogP contribution in [0.3, 0.4) is 0 Å². The van der Waals surface area contributed by atoms with Crippen LogP contribution in [0.4, 0.5) is 5.69 Å². The van der Waals surface area contributed by atoms with Crippen LogP contribution in [-0.2, 0) is 11.3 Å². The molecule has 0 radical (unpaired) electrons. The fourth-order valence-electron chi connectivity index (χ4n) is 2.16. The SMILES string of the molecule is Cc1cccc(N)c1CN[C@H](C(=O)O)c1ccccc1. The van der Waals surface area contributed by atoms with Gasteiger partial charge in [0.1, 0.15) is 6.04 Å². The molecule has 0 aromatic heterocycles. The van der Waals surface area contributed by atoms with Gasteiger partial charge in [0.15, 0.2) is 0 Å². The number of aliphatic carboxylic acids is 1. The number of carboxylic acids is 1. The molecule has 2 aromatic carbocycles. The van der Waals surface area contributed by atoms with Crippen LogP contribution < -0.4 is 11.1 Å². The highest BCUT2D eigenvalue weighted by atomic mass is 16.4. The first-order valence-electron chi connectivity index (χ1n) is 6.44. The number of nitrogens with two attached hydrogens (primary N) is 1. The number of anilines is 1. The minimum absolute atomic E-state index is 0.421. The van der Waals surface area contributed by atoms with Crippen LogP contribution in [0.15, 0.2) is 48.5 Å². The first kappa shape index (κ1) is 14.1. The molecule has 4 nitrogen and oxygen atoms in total. The number of nitrogens with one attached hydrogen (secondary N) is 1. The van der Waals surface area contributed by atoms with Gasteiger partial charge in [0.25, 0.3) is 0 Å². The van der Waals surface area contributed by atoms with E-state index in [1.54, 1.807) is 12.1 Å². The summed E-state index contributed by atoms with van der Waals surface area (Å²) >= 11 is 0. The summed E-state index contributed by atoms with van der Waals surface area (Å²) in [6.07, 6.45) is 0. The number of carboxylic acid groups (broad SMARTS) is 1. The van der Waals surface area contributed by atoms with Gasteiger partial charge in [0, 0.05) is 12.2 Å². The van der Waals surface area contributed by atoms with Gasteiger partial charge in [-0.15, -0.1) is 0 Å². The third-order valence-electron chi connectivity index (χ3n) is 3.31. The number of hydrogen-bond donors (Lipinski definition) is 3. The Balaban J connectivity index is 2.17. The van der Waals surface area contributed by atoms with Crippen LogP contribution >= 0.6 is 0 Å². The second-order valence-electron chi connectivity index (χ2n) is 4.71. The fourth-order valence-corrected chi connectivity index (χ4v) is 2.16. The molecule has 0 aliphatic carbocycles. The molecule has 0 saturated heterocycles. The van der Waals surface area contributed by atoms with E-state index in [4.69, 9.17) is 5.73 Å². The molecule has 0 heterocycles. The largest absolute Gasteiger partial charge is 0.480 e. The Bertz CT molecular complexity index is 576. The normalized spacial score (nSPS) is 12.1. The maximum Gasteiger partial charge on any atom is 0.325 e. The molecule has 1 atom stereocenters. The number of carbonyl (C=O) groups is 1. The standard InChI is InChI=1S/C16H18N2O2/c1-11-6-5-9-14(17)13(11)10-18-15(16(19)20)12-7-3-2-4-8-12/h2-9,15,18H,10,17H2,1H3,(H,19,20)/t15-/m0/s1. The minimum atomic E-state index is -0.900. The van der Waals surface area contributed by atoms with Crippen molar-refractivity contribution >= 4 is 11.7 Å². The summed E-state index contributed by atoms with van der Waals surface area (Å²) < 4.78 is 0. The van der Waals surface area contributed by atoms with Gasteiger partial charge in [0.2, 0.25) is 0 Å². The van der Waals surface area contributed by atoms with Crippen LogP contribution in [0.1, 0.15) is 22.7 Å². The molecule has 20 heavy (non-hydrogen) atoms. The average molecular weight is 270 g/mol. The van der Waals surface area contributed by atoms with Crippen molar-refractivity contribution in [3.05, 3.63) is 65.2 Å². The monoisotopic (exact) mass is 270 g/mol. The molecule has 0 bridgehead atoms. The van der Waals surface area contributed by atoms with E-state index in [0.29, 0.717) is 12.2 Å². The first-order valence-corrected chi connectivity index (χ1v) is 6.44. The highest BCUT2D eigenvalue weighted by molar-refractivity contribution is 5.75. The predicted octanol–water partition coefficient (Wildman–Crippen LogP) is 2.49. The van der Waals surface area contributed by atoms with E-state index in [1.165, 1.54) is 0 Å². The van der Waals surface area contributed by atoms with Gasteiger partial charge < -0.3 is 10.8 Å². The van der Waals surface area contributed by atoms with Crippen LogP contribution in [-0.4, -0.2) is 11.1 Å². The zero-order valence-corrected chi connectivity index (χ0v) is 11.3. The van der Waals surface area contributed by atoms with Gasteiger partial charge in [-0.05, 0) is 29.7 Å². The molecule has 4 heteroatoms. The number of hydrogen-bond acceptors (Lipinski definition) is 3. The molecule has 104 valence electrons. The molecule has 0 saturated carbocycles. The van der Waals surface area contributed by atoms with Crippen molar-refractivity contribution in [3.63, 3.8) is 0 Å². The van der Waals surface area contributed by atoms with E-state index >= 15 is 0 Å². The smallest absolute Gasteiger partial charge is 0.325 e. The molecule has 2 rings (SSSR count). The van der Waals surface area contributed by atoms with E-state index in [1.807, 2.05) is 43.3 Å². The fraction of sp³-hybridized carbons (Fsp3) is 0.188. The van der Waals surface area contributed by atoms with Crippen molar-refractivity contribution in [2.75, 3.05) is 5.73 Å². The van der Waals surface area contributed by atoms with Gasteiger partial charge in [-0.3, -0.25) is 10.1 Å². The van der Waals surface area contributed by atoms with Gasteiger partial charge >= 0.3 is 5.97 Å². The quantitative estimate of drug-likeness (QED) is 0.730. The lowest BCUT2D eigenvalue weighted by atomic mass is 10.0. The Labute approximate surface area is 118 Å². The average Bonchev–Trinajstić information content (AvgIpc) is 2.43. The Hall–Kier alpha value is -2.33. The molecule has 0 fully saturated rings. The van der Waals surface area contributed by atoms with Gasteiger partial charge in [-0.2, -0.15) is 0 Å². The van der Waals surface area contributed by atoms with Crippen molar-refractivity contribution in [1.29, 1.82) is 0 Å². The van der Waals surface area contributed by atoms with Crippen molar-refractivity contribution in [2.45, 2.75) is 19.5 Å². The molecule has 0 aliphatic heterocycles. The van der Waals surface area contributed by atoms with Crippen molar-refractivity contribution in [3.8, 4) is 0 Å². The zero-order chi connectivity index (χ0) is 14.5.